The molecule has 0 radical (unpaired) electrons. The van der Waals surface area contributed by atoms with Gasteiger partial charge < -0.3 is 0 Å². The van der Waals surface area contributed by atoms with E-state index in [9.17, 15) is 0 Å². The van der Waals surface area contributed by atoms with Gasteiger partial charge in [-0.3, -0.25) is 0 Å². The van der Waals surface area contributed by atoms with Crippen LogP contribution in [-0.2, 0) is 0 Å². The van der Waals surface area contributed by atoms with Gasteiger partial charge in [0, 0.05) is 5.56 Å². The SMILES string of the molecule is CC(C)c1c(Cl)nc(-c2ccc(Br)s2)nc1Cl. The highest BCUT2D eigenvalue weighted by molar-refractivity contribution is 9.11. The Morgan fingerprint density at radius 3 is 2.18 bits per heavy atom. The Balaban J connectivity index is 2.52. The molecule has 6 heteroatoms. The van der Waals surface area contributed by atoms with Crippen molar-refractivity contribution < 1.29 is 0 Å². The third kappa shape index (κ3) is 2.81. The minimum absolute atomic E-state index is 0.208. The van der Waals surface area contributed by atoms with Crippen LogP contribution in [0.2, 0.25) is 10.3 Å². The molecule has 0 amide bonds. The zero-order valence-electron chi connectivity index (χ0n) is 9.17. The number of nitrogens with zero attached hydrogens (tertiary/aromatic N) is 2. The molecule has 17 heavy (non-hydrogen) atoms. The Labute approximate surface area is 122 Å². The number of rotatable bonds is 2. The predicted molar refractivity (Wildman–Crippen MR) is 77.2 cm³/mol. The lowest BCUT2D eigenvalue weighted by atomic mass is 10.1. The largest absolute Gasteiger partial charge is 0.215 e. The standard InChI is InChI=1S/C11H9BrCl2N2S/c1-5(2)8-9(13)15-11(16-10(8)14)6-3-4-7(12)17-6/h3-5H,1-2H3. The highest BCUT2D eigenvalue weighted by Gasteiger charge is 2.16. The van der Waals surface area contributed by atoms with Crippen molar-refractivity contribution in [1.29, 1.82) is 0 Å². The van der Waals surface area contributed by atoms with E-state index in [0.717, 1.165) is 14.2 Å². The number of aromatic nitrogens is 2. The van der Waals surface area contributed by atoms with Gasteiger partial charge in [0.1, 0.15) is 10.3 Å². The topological polar surface area (TPSA) is 25.8 Å². The summed E-state index contributed by atoms with van der Waals surface area (Å²) in [4.78, 5) is 9.54. The Morgan fingerprint density at radius 1 is 1.18 bits per heavy atom. The molecule has 0 unspecified atom stereocenters. The third-order valence-electron chi connectivity index (χ3n) is 2.22. The average molecular weight is 352 g/mol. The Morgan fingerprint density at radius 2 is 1.76 bits per heavy atom. The number of halogens is 3. The van der Waals surface area contributed by atoms with Crippen molar-refractivity contribution in [2.75, 3.05) is 0 Å². The predicted octanol–water partition coefficient (Wildman–Crippen LogP) is 5.40. The van der Waals surface area contributed by atoms with Crippen LogP contribution in [0.25, 0.3) is 10.7 Å². The fourth-order valence-electron chi connectivity index (χ4n) is 1.44. The molecule has 2 rings (SSSR count). The molecule has 0 aliphatic heterocycles. The summed E-state index contributed by atoms with van der Waals surface area (Å²) >= 11 is 17.2. The quantitative estimate of drug-likeness (QED) is 0.677. The average Bonchev–Trinajstić information content (AvgIpc) is 2.63. The molecule has 2 aromatic rings. The fraction of sp³-hybridized carbons (Fsp3) is 0.273. The maximum Gasteiger partial charge on any atom is 0.172 e. The second-order valence-corrected chi connectivity index (χ2v) is 6.98. The van der Waals surface area contributed by atoms with Gasteiger partial charge in [-0.25, -0.2) is 9.97 Å². The summed E-state index contributed by atoms with van der Waals surface area (Å²) in [6.07, 6.45) is 0. The van der Waals surface area contributed by atoms with Crippen LogP contribution in [0.1, 0.15) is 25.3 Å². The lowest BCUT2D eigenvalue weighted by molar-refractivity contribution is 0.848. The summed E-state index contributed by atoms with van der Waals surface area (Å²) in [7, 11) is 0. The molecule has 0 atom stereocenters. The van der Waals surface area contributed by atoms with Gasteiger partial charge in [0.25, 0.3) is 0 Å². The first-order valence-corrected chi connectivity index (χ1v) is 7.34. The highest BCUT2D eigenvalue weighted by Crippen LogP contribution is 2.34. The first kappa shape index (κ1) is 13.3. The van der Waals surface area contributed by atoms with E-state index < -0.39 is 0 Å². The maximum atomic E-state index is 6.14. The first-order chi connectivity index (χ1) is 7.99. The van der Waals surface area contributed by atoms with Gasteiger partial charge in [0.15, 0.2) is 5.82 Å². The van der Waals surface area contributed by atoms with Crippen LogP contribution in [-0.4, -0.2) is 9.97 Å². The van der Waals surface area contributed by atoms with Gasteiger partial charge >= 0.3 is 0 Å². The Hall–Kier alpha value is -0.160. The molecule has 0 fully saturated rings. The molecule has 2 heterocycles. The van der Waals surface area contributed by atoms with Gasteiger partial charge in [0.05, 0.1) is 8.66 Å². The highest BCUT2D eigenvalue weighted by atomic mass is 79.9. The summed E-state index contributed by atoms with van der Waals surface area (Å²) in [5.41, 5.74) is 0.799. The summed E-state index contributed by atoms with van der Waals surface area (Å²) < 4.78 is 1.02. The van der Waals surface area contributed by atoms with Gasteiger partial charge in [-0.2, -0.15) is 0 Å². The molecule has 90 valence electrons. The van der Waals surface area contributed by atoms with Gasteiger partial charge in [-0.05, 0) is 34.0 Å². The molecule has 0 N–H and O–H groups in total. The summed E-state index contributed by atoms with van der Waals surface area (Å²) in [6, 6.07) is 3.88. The van der Waals surface area contributed by atoms with E-state index in [2.05, 4.69) is 25.9 Å². The molecule has 2 nitrogen and oxygen atoms in total. The summed E-state index contributed by atoms with van der Waals surface area (Å²) in [6.45, 7) is 4.02. The van der Waals surface area contributed by atoms with Crippen molar-refractivity contribution in [3.05, 3.63) is 31.8 Å². The van der Waals surface area contributed by atoms with Gasteiger partial charge in [0.2, 0.25) is 0 Å². The minimum Gasteiger partial charge on any atom is -0.215 e. The molecule has 0 aliphatic carbocycles. The first-order valence-electron chi connectivity index (χ1n) is 4.97. The van der Waals surface area contributed by atoms with E-state index in [4.69, 9.17) is 23.2 Å². The van der Waals surface area contributed by atoms with Crippen molar-refractivity contribution in [2.45, 2.75) is 19.8 Å². The fourth-order valence-corrected chi connectivity index (χ4v) is 3.58. The molecular formula is C11H9BrCl2N2S. The number of thiophene rings is 1. The second kappa shape index (κ2) is 5.22. The van der Waals surface area contributed by atoms with E-state index in [1.54, 1.807) is 11.3 Å². The van der Waals surface area contributed by atoms with Crippen LogP contribution in [0.5, 0.6) is 0 Å². The zero-order chi connectivity index (χ0) is 12.6. The van der Waals surface area contributed by atoms with Crippen molar-refractivity contribution >= 4 is 50.5 Å². The Kier molecular flexibility index (Phi) is 4.08. The van der Waals surface area contributed by atoms with Crippen molar-refractivity contribution in [3.63, 3.8) is 0 Å². The van der Waals surface area contributed by atoms with Crippen LogP contribution >= 0.6 is 50.5 Å². The Bertz CT molecular complexity index is 531. The van der Waals surface area contributed by atoms with Gasteiger partial charge in [-0.1, -0.05) is 37.0 Å². The van der Waals surface area contributed by atoms with Crippen molar-refractivity contribution in [3.8, 4) is 10.7 Å². The number of hydrogen-bond acceptors (Lipinski definition) is 3. The lowest BCUT2D eigenvalue weighted by Crippen LogP contribution is -1.98. The molecule has 0 saturated heterocycles. The zero-order valence-corrected chi connectivity index (χ0v) is 13.1. The van der Waals surface area contributed by atoms with Crippen LogP contribution < -0.4 is 0 Å². The molecule has 0 aromatic carbocycles. The molecule has 0 aliphatic rings. The van der Waals surface area contributed by atoms with E-state index in [1.165, 1.54) is 0 Å². The molecule has 0 saturated carbocycles. The van der Waals surface area contributed by atoms with Crippen LogP contribution in [0, 0.1) is 0 Å². The monoisotopic (exact) mass is 350 g/mol. The second-order valence-electron chi connectivity index (χ2n) is 3.80. The van der Waals surface area contributed by atoms with Crippen molar-refractivity contribution in [2.24, 2.45) is 0 Å². The maximum absolute atomic E-state index is 6.14. The van der Waals surface area contributed by atoms with E-state index in [0.29, 0.717) is 16.1 Å². The van der Waals surface area contributed by atoms with Crippen LogP contribution in [0.4, 0.5) is 0 Å². The van der Waals surface area contributed by atoms with Crippen molar-refractivity contribution in [1.82, 2.24) is 9.97 Å². The normalized spacial score (nSPS) is 11.2. The summed E-state index contributed by atoms with van der Waals surface area (Å²) in [5, 5.41) is 0.860. The van der Waals surface area contributed by atoms with Crippen LogP contribution in [0.3, 0.4) is 0 Å². The molecular weight excluding hydrogens is 343 g/mol. The molecule has 2 aromatic heterocycles. The smallest absolute Gasteiger partial charge is 0.172 e. The third-order valence-corrected chi connectivity index (χ3v) is 4.42. The number of hydrogen-bond donors (Lipinski definition) is 0. The van der Waals surface area contributed by atoms with E-state index >= 15 is 0 Å². The van der Waals surface area contributed by atoms with Gasteiger partial charge in [-0.15, -0.1) is 11.3 Å². The van der Waals surface area contributed by atoms with E-state index in [-0.39, 0.29) is 5.92 Å². The lowest BCUT2D eigenvalue weighted by Gasteiger charge is -2.10. The van der Waals surface area contributed by atoms with E-state index in [1.807, 2.05) is 26.0 Å². The summed E-state index contributed by atoms with van der Waals surface area (Å²) in [5.74, 6) is 0.777. The molecule has 0 spiro atoms. The minimum atomic E-state index is 0.208. The molecule has 0 bridgehead atoms. The van der Waals surface area contributed by atoms with Crippen LogP contribution in [0.15, 0.2) is 15.9 Å².